The molecule has 4 heteroatoms. The van der Waals surface area contributed by atoms with Crippen LogP contribution in [0.2, 0.25) is 0 Å². The van der Waals surface area contributed by atoms with Crippen molar-refractivity contribution in [3.63, 3.8) is 0 Å². The minimum Gasteiger partial charge on any atom is -0.207 e. The van der Waals surface area contributed by atoms with E-state index in [-0.39, 0.29) is 0 Å². The Labute approximate surface area is 96.1 Å². The molecule has 0 bridgehead atoms. The Morgan fingerprint density at radius 1 is 1.12 bits per heavy atom. The molecule has 2 fully saturated rings. The average Bonchev–Trinajstić information content (AvgIpc) is 2.86. The van der Waals surface area contributed by atoms with Crippen molar-refractivity contribution in [2.75, 3.05) is 13.1 Å². The first-order chi connectivity index (χ1) is 7.57. The smallest absolute Gasteiger partial charge is 0.207 e. The first-order valence-electron chi connectivity index (χ1n) is 5.64. The highest BCUT2D eigenvalue weighted by molar-refractivity contribution is 7.89. The Morgan fingerprint density at radius 3 is 2.25 bits per heavy atom. The van der Waals surface area contributed by atoms with E-state index in [0.717, 1.165) is 18.7 Å². The molecule has 1 aliphatic carbocycles. The van der Waals surface area contributed by atoms with Gasteiger partial charge in [-0.15, -0.1) is 0 Å². The first-order valence-corrected chi connectivity index (χ1v) is 7.08. The summed E-state index contributed by atoms with van der Waals surface area (Å²) in [6, 6.07) is 7.11. The standard InChI is InChI=1S/C12H15NO2S/c1-9-2-4-12(5-3-9)16(14,15)13-7-10-6-11(10)8-13/h2-5,10-11H,6-8H2,1H3. The Kier molecular flexibility index (Phi) is 2.13. The van der Waals surface area contributed by atoms with Gasteiger partial charge in [-0.2, -0.15) is 4.31 Å². The van der Waals surface area contributed by atoms with Crippen molar-refractivity contribution in [2.45, 2.75) is 18.2 Å². The highest BCUT2D eigenvalue weighted by Gasteiger charge is 2.48. The second-order valence-electron chi connectivity index (χ2n) is 4.89. The molecule has 0 spiro atoms. The van der Waals surface area contributed by atoms with Crippen molar-refractivity contribution in [2.24, 2.45) is 11.8 Å². The molecule has 1 saturated heterocycles. The number of hydrogen-bond acceptors (Lipinski definition) is 2. The zero-order valence-electron chi connectivity index (χ0n) is 9.26. The Bertz CT molecular complexity index is 496. The summed E-state index contributed by atoms with van der Waals surface area (Å²) in [7, 11) is -3.22. The molecule has 2 unspecified atom stereocenters. The van der Waals surface area contributed by atoms with Crippen molar-refractivity contribution in [1.29, 1.82) is 0 Å². The zero-order valence-corrected chi connectivity index (χ0v) is 10.1. The van der Waals surface area contributed by atoms with Crippen LogP contribution in [0.1, 0.15) is 12.0 Å². The Hall–Kier alpha value is -0.870. The summed E-state index contributed by atoms with van der Waals surface area (Å²) in [4.78, 5) is 0.430. The van der Waals surface area contributed by atoms with E-state index in [9.17, 15) is 8.42 Å². The third-order valence-corrected chi connectivity index (χ3v) is 5.45. The topological polar surface area (TPSA) is 37.4 Å². The summed E-state index contributed by atoms with van der Waals surface area (Å²) in [6.07, 6.45) is 1.22. The molecule has 1 aromatic rings. The van der Waals surface area contributed by atoms with E-state index in [4.69, 9.17) is 0 Å². The van der Waals surface area contributed by atoms with Crippen molar-refractivity contribution >= 4 is 10.0 Å². The lowest BCUT2D eigenvalue weighted by molar-refractivity contribution is 0.443. The van der Waals surface area contributed by atoms with Crippen LogP contribution in [0, 0.1) is 18.8 Å². The molecule has 0 amide bonds. The van der Waals surface area contributed by atoms with Gasteiger partial charge in [0, 0.05) is 13.1 Å². The van der Waals surface area contributed by atoms with Gasteiger partial charge < -0.3 is 0 Å². The van der Waals surface area contributed by atoms with Crippen molar-refractivity contribution in [3.05, 3.63) is 29.8 Å². The molecule has 0 radical (unpaired) electrons. The predicted octanol–water partition coefficient (Wildman–Crippen LogP) is 1.64. The maximum absolute atomic E-state index is 12.2. The van der Waals surface area contributed by atoms with E-state index >= 15 is 0 Å². The van der Waals surface area contributed by atoms with Crippen LogP contribution in [0.5, 0.6) is 0 Å². The fraction of sp³-hybridized carbons (Fsp3) is 0.500. The van der Waals surface area contributed by atoms with Crippen LogP contribution in [0.25, 0.3) is 0 Å². The van der Waals surface area contributed by atoms with E-state index in [1.54, 1.807) is 16.4 Å². The van der Waals surface area contributed by atoms with Crippen LogP contribution in [-0.2, 0) is 10.0 Å². The summed E-state index contributed by atoms with van der Waals surface area (Å²) in [6.45, 7) is 3.41. The van der Waals surface area contributed by atoms with Gasteiger partial charge in [0.25, 0.3) is 0 Å². The SMILES string of the molecule is Cc1ccc(S(=O)(=O)N2CC3CC3C2)cc1. The molecule has 3 nitrogen and oxygen atoms in total. The molecule has 0 N–H and O–H groups in total. The fourth-order valence-corrected chi connectivity index (χ4v) is 3.96. The molecule has 2 atom stereocenters. The monoisotopic (exact) mass is 237 g/mol. The van der Waals surface area contributed by atoms with Crippen molar-refractivity contribution in [3.8, 4) is 0 Å². The van der Waals surface area contributed by atoms with E-state index in [2.05, 4.69) is 0 Å². The van der Waals surface area contributed by atoms with Crippen LogP contribution >= 0.6 is 0 Å². The maximum atomic E-state index is 12.2. The van der Waals surface area contributed by atoms with Gasteiger partial charge in [-0.05, 0) is 37.3 Å². The lowest BCUT2D eigenvalue weighted by atomic mass is 10.2. The molecule has 0 aromatic heterocycles. The zero-order chi connectivity index (χ0) is 11.3. The van der Waals surface area contributed by atoms with Crippen molar-refractivity contribution < 1.29 is 8.42 Å². The molecule has 16 heavy (non-hydrogen) atoms. The van der Waals surface area contributed by atoms with Gasteiger partial charge >= 0.3 is 0 Å². The van der Waals surface area contributed by atoms with Gasteiger partial charge in [-0.1, -0.05) is 17.7 Å². The van der Waals surface area contributed by atoms with Gasteiger partial charge in [0.1, 0.15) is 0 Å². The Morgan fingerprint density at radius 2 is 1.69 bits per heavy atom. The number of nitrogens with zero attached hydrogens (tertiary/aromatic N) is 1. The molecule has 1 aliphatic heterocycles. The summed E-state index contributed by atoms with van der Waals surface area (Å²) >= 11 is 0. The maximum Gasteiger partial charge on any atom is 0.243 e. The number of sulfonamides is 1. The number of hydrogen-bond donors (Lipinski definition) is 0. The molecule has 1 aromatic carbocycles. The lowest BCUT2D eigenvalue weighted by Gasteiger charge is -2.17. The summed E-state index contributed by atoms with van der Waals surface area (Å²) < 4.78 is 26.1. The van der Waals surface area contributed by atoms with E-state index < -0.39 is 10.0 Å². The summed E-state index contributed by atoms with van der Waals surface area (Å²) in [5, 5.41) is 0. The number of piperidine rings is 1. The molecule has 2 aliphatic rings. The molecule has 1 heterocycles. The highest BCUT2D eigenvalue weighted by Crippen LogP contribution is 2.46. The number of benzene rings is 1. The third kappa shape index (κ3) is 1.57. The number of rotatable bonds is 2. The van der Waals surface area contributed by atoms with E-state index in [1.807, 2.05) is 19.1 Å². The van der Waals surface area contributed by atoms with Crippen LogP contribution in [0.4, 0.5) is 0 Å². The normalized spacial score (nSPS) is 29.1. The largest absolute Gasteiger partial charge is 0.243 e. The second-order valence-corrected chi connectivity index (χ2v) is 6.83. The average molecular weight is 237 g/mol. The molecule has 3 rings (SSSR count). The molecule has 1 saturated carbocycles. The predicted molar refractivity (Wildman–Crippen MR) is 61.5 cm³/mol. The number of aryl methyl sites for hydroxylation is 1. The van der Waals surface area contributed by atoms with Gasteiger partial charge in [0.15, 0.2) is 0 Å². The minimum absolute atomic E-state index is 0.430. The van der Waals surface area contributed by atoms with Crippen LogP contribution < -0.4 is 0 Å². The fourth-order valence-electron chi connectivity index (χ4n) is 2.41. The second kappa shape index (κ2) is 3.31. The van der Waals surface area contributed by atoms with Gasteiger partial charge in [0.05, 0.1) is 4.90 Å². The van der Waals surface area contributed by atoms with Crippen LogP contribution in [0.15, 0.2) is 29.2 Å². The Balaban J connectivity index is 1.89. The van der Waals surface area contributed by atoms with Gasteiger partial charge in [-0.25, -0.2) is 8.42 Å². The van der Waals surface area contributed by atoms with Gasteiger partial charge in [0.2, 0.25) is 10.0 Å². The lowest BCUT2D eigenvalue weighted by Crippen LogP contribution is -2.30. The molecular formula is C12H15NO2S. The highest BCUT2D eigenvalue weighted by atomic mass is 32.2. The minimum atomic E-state index is -3.22. The van der Waals surface area contributed by atoms with E-state index in [1.165, 1.54) is 6.42 Å². The van der Waals surface area contributed by atoms with Crippen LogP contribution in [-0.4, -0.2) is 25.8 Å². The molecule has 86 valence electrons. The summed E-state index contributed by atoms with van der Waals surface area (Å²) in [5.41, 5.74) is 1.09. The number of fused-ring (bicyclic) bond motifs is 1. The summed E-state index contributed by atoms with van der Waals surface area (Å²) in [5.74, 6) is 1.28. The van der Waals surface area contributed by atoms with Crippen LogP contribution in [0.3, 0.4) is 0 Å². The quantitative estimate of drug-likeness (QED) is 0.784. The first kappa shape index (κ1) is 10.3. The van der Waals surface area contributed by atoms with Crippen molar-refractivity contribution in [1.82, 2.24) is 4.31 Å². The van der Waals surface area contributed by atoms with Gasteiger partial charge in [-0.3, -0.25) is 0 Å². The van der Waals surface area contributed by atoms with E-state index in [0.29, 0.717) is 16.7 Å². The molecular weight excluding hydrogens is 222 g/mol. The third-order valence-electron chi connectivity index (χ3n) is 3.60.